The van der Waals surface area contributed by atoms with Gasteiger partial charge in [-0.15, -0.1) is 0 Å². The molecule has 0 N–H and O–H groups in total. The highest BCUT2D eigenvalue weighted by Gasteiger charge is 2.14. The Morgan fingerprint density at radius 2 is 1.70 bits per heavy atom. The fourth-order valence-corrected chi connectivity index (χ4v) is 3.47. The van der Waals surface area contributed by atoms with Gasteiger partial charge < -0.3 is 4.57 Å². The summed E-state index contributed by atoms with van der Waals surface area (Å²) >= 11 is 0. The average molecular weight is 355 g/mol. The minimum Gasteiger partial charge on any atom is -0.339 e. The van der Waals surface area contributed by atoms with Gasteiger partial charge in [0, 0.05) is 23.4 Å². The Balaban J connectivity index is 1.61. The van der Waals surface area contributed by atoms with E-state index in [2.05, 4.69) is 65.0 Å². The van der Waals surface area contributed by atoms with E-state index in [0.717, 1.165) is 23.2 Å². The molecule has 0 aliphatic rings. The molecule has 0 aliphatic carbocycles. The lowest BCUT2D eigenvalue weighted by molar-refractivity contribution is -0.687. The maximum Gasteiger partial charge on any atom is 0.182 e. The summed E-state index contributed by atoms with van der Waals surface area (Å²) in [6.45, 7) is 5.32. The van der Waals surface area contributed by atoms with Gasteiger partial charge in [-0.2, -0.15) is 0 Å². The molecule has 3 nitrogen and oxygen atoms in total. The molecule has 2 aromatic heterocycles. The highest BCUT2D eigenvalue weighted by Crippen LogP contribution is 2.20. The quantitative estimate of drug-likeness (QED) is 0.383. The van der Waals surface area contributed by atoms with Gasteiger partial charge in [0.1, 0.15) is 0 Å². The van der Waals surface area contributed by atoms with E-state index < -0.39 is 0 Å². The third-order valence-corrected chi connectivity index (χ3v) is 4.97. The number of benzene rings is 2. The number of nitrogens with zero attached hydrogens (tertiary/aromatic N) is 2. The molecule has 0 fully saturated rings. The second kappa shape index (κ2) is 7.20. The second-order valence-corrected chi connectivity index (χ2v) is 7.13. The Kier molecular flexibility index (Phi) is 4.59. The molecule has 0 spiro atoms. The van der Waals surface area contributed by atoms with E-state index in [-0.39, 0.29) is 5.78 Å². The van der Waals surface area contributed by atoms with E-state index in [9.17, 15) is 4.79 Å². The molecule has 3 heteroatoms. The van der Waals surface area contributed by atoms with Crippen molar-refractivity contribution in [2.75, 3.05) is 0 Å². The predicted octanol–water partition coefficient (Wildman–Crippen LogP) is 4.48. The normalized spacial score (nSPS) is 11.0. The van der Waals surface area contributed by atoms with Crippen LogP contribution in [0.1, 0.15) is 27.0 Å². The van der Waals surface area contributed by atoms with Crippen molar-refractivity contribution < 1.29 is 9.36 Å². The number of hydrogen-bond donors (Lipinski definition) is 0. The van der Waals surface area contributed by atoms with Gasteiger partial charge in [0.2, 0.25) is 0 Å². The molecule has 134 valence electrons. The first-order valence-corrected chi connectivity index (χ1v) is 9.22. The van der Waals surface area contributed by atoms with Crippen molar-refractivity contribution in [2.24, 2.45) is 0 Å². The lowest BCUT2D eigenvalue weighted by Crippen LogP contribution is -2.33. The van der Waals surface area contributed by atoms with E-state index in [1.165, 1.54) is 16.5 Å². The highest BCUT2D eigenvalue weighted by atomic mass is 16.1. The van der Waals surface area contributed by atoms with Gasteiger partial charge in [-0.3, -0.25) is 4.79 Å². The summed E-state index contributed by atoms with van der Waals surface area (Å²) in [5.74, 6) is 0.132. The van der Waals surface area contributed by atoms with Gasteiger partial charge in [0.15, 0.2) is 24.7 Å². The number of rotatable bonds is 5. The minimum absolute atomic E-state index is 0.132. The van der Waals surface area contributed by atoms with Crippen LogP contribution in [-0.4, -0.2) is 10.4 Å². The molecule has 27 heavy (non-hydrogen) atoms. The molecule has 0 aliphatic heterocycles. The molecule has 0 bridgehead atoms. The largest absolute Gasteiger partial charge is 0.339 e. The van der Waals surface area contributed by atoms with Crippen molar-refractivity contribution in [1.82, 2.24) is 4.57 Å². The topological polar surface area (TPSA) is 25.9 Å². The molecule has 0 amide bonds. The lowest BCUT2D eigenvalue weighted by atomic mass is 10.1. The Labute approximate surface area is 159 Å². The van der Waals surface area contributed by atoms with E-state index in [4.69, 9.17) is 0 Å². The van der Waals surface area contributed by atoms with Crippen LogP contribution >= 0.6 is 0 Å². The number of fused-ring (bicyclic) bond motifs is 1. The van der Waals surface area contributed by atoms with E-state index in [0.29, 0.717) is 6.54 Å². The van der Waals surface area contributed by atoms with Gasteiger partial charge in [-0.25, -0.2) is 4.57 Å². The number of aromatic nitrogens is 2. The minimum atomic E-state index is 0.132. The summed E-state index contributed by atoms with van der Waals surface area (Å²) in [7, 11) is 0. The van der Waals surface area contributed by atoms with Crippen LogP contribution in [0.3, 0.4) is 0 Å². The second-order valence-electron chi connectivity index (χ2n) is 7.13. The number of Topliss-reactive ketones (excluding diaryl/α,β-unsaturated/α-hetero) is 1. The van der Waals surface area contributed by atoms with Crippen molar-refractivity contribution in [3.8, 4) is 0 Å². The zero-order valence-corrected chi connectivity index (χ0v) is 15.7. The maximum atomic E-state index is 12.7. The summed E-state index contributed by atoms with van der Waals surface area (Å²) in [5.41, 5.74) is 5.47. The summed E-state index contributed by atoms with van der Waals surface area (Å²) in [5, 5.41) is 1.19. The molecular weight excluding hydrogens is 332 g/mol. The van der Waals surface area contributed by atoms with Crippen LogP contribution in [0, 0.1) is 13.8 Å². The van der Waals surface area contributed by atoms with Gasteiger partial charge >= 0.3 is 0 Å². The highest BCUT2D eigenvalue weighted by molar-refractivity contribution is 5.97. The molecule has 4 aromatic rings. The van der Waals surface area contributed by atoms with Crippen LogP contribution in [0.2, 0.25) is 0 Å². The van der Waals surface area contributed by atoms with Crippen LogP contribution in [0.25, 0.3) is 10.9 Å². The zero-order chi connectivity index (χ0) is 18.8. The van der Waals surface area contributed by atoms with Crippen LogP contribution in [0.15, 0.2) is 79.3 Å². The first-order chi connectivity index (χ1) is 13.1. The smallest absolute Gasteiger partial charge is 0.182 e. The van der Waals surface area contributed by atoms with Crippen molar-refractivity contribution in [2.45, 2.75) is 26.9 Å². The van der Waals surface area contributed by atoms with Gasteiger partial charge in [0.25, 0.3) is 0 Å². The van der Waals surface area contributed by atoms with Crippen molar-refractivity contribution >= 4 is 16.7 Å². The Bertz CT molecular complexity index is 1090. The van der Waals surface area contributed by atoms with E-state index in [1.54, 1.807) is 0 Å². The molecule has 0 radical (unpaired) electrons. The monoisotopic (exact) mass is 355 g/mol. The predicted molar refractivity (Wildman–Crippen MR) is 108 cm³/mol. The van der Waals surface area contributed by atoms with Gasteiger partial charge in [-0.1, -0.05) is 60.2 Å². The Morgan fingerprint density at radius 1 is 0.963 bits per heavy atom. The van der Waals surface area contributed by atoms with Gasteiger partial charge in [-0.05, 0) is 19.4 Å². The van der Waals surface area contributed by atoms with E-state index >= 15 is 0 Å². The number of aryl methyl sites for hydroxylation is 2. The standard InChI is InChI=1S/C24H23N2O/c1-18-8-10-21(11-9-18)24(27)17-26-14-19(2)22-16-25(13-12-23(22)26)15-20-6-4-3-5-7-20/h3-14,16H,15,17H2,1-2H3/q+1. The number of ketones is 1. The van der Waals surface area contributed by atoms with E-state index in [1.807, 2.05) is 37.3 Å². The van der Waals surface area contributed by atoms with Crippen molar-refractivity contribution in [1.29, 1.82) is 0 Å². The lowest BCUT2D eigenvalue weighted by Gasteiger charge is -2.05. The Morgan fingerprint density at radius 3 is 2.44 bits per heavy atom. The first kappa shape index (κ1) is 17.2. The maximum absolute atomic E-state index is 12.7. The molecule has 0 unspecified atom stereocenters. The van der Waals surface area contributed by atoms with Crippen LogP contribution in [0.5, 0.6) is 0 Å². The summed E-state index contributed by atoms with van der Waals surface area (Å²) in [6, 6.07) is 20.3. The molecule has 2 aromatic carbocycles. The van der Waals surface area contributed by atoms with Crippen molar-refractivity contribution in [3.05, 3.63) is 102 Å². The number of pyridine rings is 1. The fraction of sp³-hybridized carbons (Fsp3) is 0.167. The average Bonchev–Trinajstić information content (AvgIpc) is 2.98. The molecule has 0 saturated carbocycles. The molecular formula is C24H23N2O+. The molecule has 4 rings (SSSR count). The first-order valence-electron chi connectivity index (χ1n) is 9.22. The van der Waals surface area contributed by atoms with Crippen LogP contribution in [-0.2, 0) is 13.1 Å². The van der Waals surface area contributed by atoms with Gasteiger partial charge in [0.05, 0.1) is 17.4 Å². The fourth-order valence-electron chi connectivity index (χ4n) is 3.47. The van der Waals surface area contributed by atoms with Crippen LogP contribution in [0.4, 0.5) is 0 Å². The summed E-state index contributed by atoms with van der Waals surface area (Å²) in [4.78, 5) is 12.7. The molecule has 0 atom stereocenters. The number of hydrogen-bond acceptors (Lipinski definition) is 1. The third-order valence-electron chi connectivity index (χ3n) is 4.97. The third kappa shape index (κ3) is 3.68. The number of carbonyl (C=O) groups excluding carboxylic acids is 1. The summed E-state index contributed by atoms with van der Waals surface area (Å²) < 4.78 is 4.25. The Hall–Kier alpha value is -3.20. The SMILES string of the molecule is Cc1ccc(C(=O)Cn2cc(C)c3c[n+](Cc4ccccc4)ccc32)cc1. The van der Waals surface area contributed by atoms with Crippen LogP contribution < -0.4 is 4.57 Å². The molecule has 0 saturated heterocycles. The zero-order valence-electron chi connectivity index (χ0n) is 15.7. The summed E-state index contributed by atoms with van der Waals surface area (Å²) in [6.07, 6.45) is 6.33. The molecule has 2 heterocycles. The number of carbonyl (C=O) groups is 1. The van der Waals surface area contributed by atoms with Crippen molar-refractivity contribution in [3.63, 3.8) is 0 Å².